The van der Waals surface area contributed by atoms with Crippen molar-refractivity contribution >= 4 is 11.9 Å². The summed E-state index contributed by atoms with van der Waals surface area (Å²) in [4.78, 5) is 26.7. The summed E-state index contributed by atoms with van der Waals surface area (Å²) in [6.07, 6.45) is 0.0445. The summed E-state index contributed by atoms with van der Waals surface area (Å²) in [6, 6.07) is 10.7. The number of methoxy groups -OCH3 is 1. The number of carboxylic acid groups (broad SMARTS) is 1. The number of benzene rings is 2. The Labute approximate surface area is 156 Å². The molecule has 2 aromatic carbocycles. The molecule has 1 atom stereocenters. The lowest BCUT2D eigenvalue weighted by atomic mass is 9.83. The molecule has 3 rings (SSSR count). The first-order chi connectivity index (χ1) is 12.8. The predicted octanol–water partition coefficient (Wildman–Crippen LogP) is 3.74. The van der Waals surface area contributed by atoms with Crippen LogP contribution in [0.15, 0.2) is 54.6 Å². The number of hydrogen-bond acceptors (Lipinski definition) is 3. The molecule has 0 aromatic heterocycles. The maximum absolute atomic E-state index is 13.7. The van der Waals surface area contributed by atoms with Crippen molar-refractivity contribution in [3.05, 3.63) is 77.1 Å². The van der Waals surface area contributed by atoms with E-state index in [-0.39, 0.29) is 24.1 Å². The smallest absolute Gasteiger partial charge is 0.334 e. The number of carboxylic acids is 1. The van der Waals surface area contributed by atoms with E-state index in [2.05, 4.69) is 6.58 Å². The maximum Gasteiger partial charge on any atom is 0.334 e. The topological polar surface area (TPSA) is 66.8 Å². The SMILES string of the molecule is C=C(C)CC1(C(=O)O)c2ccc(F)cc2C(=O)N1Cc1ccc(OC)cc1. The monoisotopic (exact) mass is 369 g/mol. The minimum Gasteiger partial charge on any atom is -0.497 e. The Hall–Kier alpha value is -3.15. The van der Waals surface area contributed by atoms with Crippen molar-refractivity contribution in [2.24, 2.45) is 0 Å². The van der Waals surface area contributed by atoms with Crippen LogP contribution in [0, 0.1) is 5.82 Å². The molecule has 0 saturated carbocycles. The van der Waals surface area contributed by atoms with Gasteiger partial charge in [-0.25, -0.2) is 9.18 Å². The maximum atomic E-state index is 13.7. The van der Waals surface area contributed by atoms with Crippen molar-refractivity contribution < 1.29 is 23.8 Å². The summed E-state index contributed by atoms with van der Waals surface area (Å²) < 4.78 is 18.9. The molecule has 1 aliphatic rings. The third-order valence-corrected chi connectivity index (χ3v) is 4.77. The van der Waals surface area contributed by atoms with E-state index in [9.17, 15) is 19.1 Å². The van der Waals surface area contributed by atoms with Crippen molar-refractivity contribution in [1.82, 2.24) is 4.90 Å². The molecule has 27 heavy (non-hydrogen) atoms. The van der Waals surface area contributed by atoms with E-state index in [1.807, 2.05) is 0 Å². The summed E-state index contributed by atoms with van der Waals surface area (Å²) >= 11 is 0. The van der Waals surface area contributed by atoms with Gasteiger partial charge < -0.3 is 14.7 Å². The van der Waals surface area contributed by atoms with E-state index in [1.54, 1.807) is 38.3 Å². The molecular formula is C21H20FNO4. The van der Waals surface area contributed by atoms with E-state index in [1.165, 1.54) is 17.0 Å². The fraction of sp³-hybridized carbons (Fsp3) is 0.238. The molecule has 0 bridgehead atoms. The fourth-order valence-electron chi connectivity index (χ4n) is 3.57. The summed E-state index contributed by atoms with van der Waals surface area (Å²) in [5.41, 5.74) is 0.100. The van der Waals surface area contributed by atoms with Gasteiger partial charge in [0, 0.05) is 24.1 Å². The predicted molar refractivity (Wildman–Crippen MR) is 98.0 cm³/mol. The number of carbonyl (C=O) groups excluding carboxylic acids is 1. The fourth-order valence-corrected chi connectivity index (χ4v) is 3.57. The van der Waals surface area contributed by atoms with Crippen LogP contribution in [0.1, 0.15) is 34.8 Å². The highest BCUT2D eigenvalue weighted by Gasteiger charge is 2.55. The summed E-state index contributed by atoms with van der Waals surface area (Å²) in [6.45, 7) is 5.61. The molecule has 5 nitrogen and oxygen atoms in total. The van der Waals surface area contributed by atoms with Gasteiger partial charge in [0.05, 0.1) is 7.11 Å². The number of aliphatic carboxylic acids is 1. The Balaban J connectivity index is 2.12. The van der Waals surface area contributed by atoms with Crippen molar-refractivity contribution in [1.29, 1.82) is 0 Å². The molecule has 0 saturated heterocycles. The molecular weight excluding hydrogens is 349 g/mol. The van der Waals surface area contributed by atoms with Crippen LogP contribution in [0.4, 0.5) is 4.39 Å². The molecule has 1 heterocycles. The van der Waals surface area contributed by atoms with Gasteiger partial charge in [-0.15, -0.1) is 6.58 Å². The number of amides is 1. The van der Waals surface area contributed by atoms with E-state index in [0.717, 1.165) is 11.6 Å². The van der Waals surface area contributed by atoms with Gasteiger partial charge in [0.2, 0.25) is 0 Å². The highest BCUT2D eigenvalue weighted by Crippen LogP contribution is 2.44. The standard InChI is InChI=1S/C21H20FNO4/c1-13(2)11-21(20(25)26)18-9-6-15(22)10-17(18)19(24)23(21)12-14-4-7-16(27-3)8-5-14/h4-10H,1,11-12H2,2-3H3,(H,25,26). The number of rotatable bonds is 6. The Kier molecular flexibility index (Phi) is 4.74. The normalized spacial score (nSPS) is 18.3. The molecule has 1 N–H and O–H groups in total. The van der Waals surface area contributed by atoms with Crippen LogP contribution in [-0.2, 0) is 16.9 Å². The van der Waals surface area contributed by atoms with Crippen LogP contribution in [0.2, 0.25) is 0 Å². The third kappa shape index (κ3) is 3.07. The van der Waals surface area contributed by atoms with Crippen LogP contribution in [0.5, 0.6) is 5.75 Å². The van der Waals surface area contributed by atoms with Gasteiger partial charge in [-0.1, -0.05) is 23.8 Å². The van der Waals surface area contributed by atoms with Gasteiger partial charge in [0.25, 0.3) is 5.91 Å². The quantitative estimate of drug-likeness (QED) is 0.788. The van der Waals surface area contributed by atoms with Gasteiger partial charge in [-0.3, -0.25) is 4.79 Å². The van der Waals surface area contributed by atoms with Crippen LogP contribution in [0.3, 0.4) is 0 Å². The molecule has 2 aromatic rings. The van der Waals surface area contributed by atoms with Crippen molar-refractivity contribution in [2.75, 3.05) is 7.11 Å². The van der Waals surface area contributed by atoms with Gasteiger partial charge >= 0.3 is 5.97 Å². The van der Waals surface area contributed by atoms with E-state index < -0.39 is 23.2 Å². The highest BCUT2D eigenvalue weighted by molar-refractivity contribution is 6.05. The Morgan fingerprint density at radius 3 is 2.48 bits per heavy atom. The number of ether oxygens (including phenoxy) is 1. The van der Waals surface area contributed by atoms with Gasteiger partial charge in [-0.2, -0.15) is 0 Å². The number of nitrogens with zero attached hydrogens (tertiary/aromatic N) is 1. The average molecular weight is 369 g/mol. The summed E-state index contributed by atoms with van der Waals surface area (Å²) in [5, 5.41) is 10.1. The summed E-state index contributed by atoms with van der Waals surface area (Å²) in [5.74, 6) is -1.60. The Morgan fingerprint density at radius 1 is 1.26 bits per heavy atom. The minimum atomic E-state index is -1.62. The van der Waals surface area contributed by atoms with Crippen molar-refractivity contribution in [3.8, 4) is 5.75 Å². The molecule has 1 amide bonds. The van der Waals surface area contributed by atoms with Crippen molar-refractivity contribution in [3.63, 3.8) is 0 Å². The number of hydrogen-bond donors (Lipinski definition) is 1. The van der Waals surface area contributed by atoms with Gasteiger partial charge in [0.1, 0.15) is 11.6 Å². The molecule has 0 aliphatic carbocycles. The molecule has 0 fully saturated rings. The lowest BCUT2D eigenvalue weighted by Crippen LogP contribution is -2.49. The number of carbonyl (C=O) groups is 2. The molecule has 0 spiro atoms. The Morgan fingerprint density at radius 2 is 1.93 bits per heavy atom. The molecule has 0 radical (unpaired) electrons. The second-order valence-electron chi connectivity index (χ2n) is 6.73. The molecule has 6 heteroatoms. The first-order valence-corrected chi connectivity index (χ1v) is 8.42. The van der Waals surface area contributed by atoms with E-state index >= 15 is 0 Å². The lowest BCUT2D eigenvalue weighted by molar-refractivity contribution is -0.150. The zero-order valence-corrected chi connectivity index (χ0v) is 15.2. The van der Waals surface area contributed by atoms with Crippen LogP contribution in [0.25, 0.3) is 0 Å². The first kappa shape index (κ1) is 18.6. The van der Waals surface area contributed by atoms with Crippen molar-refractivity contribution in [2.45, 2.75) is 25.4 Å². The number of halogens is 1. The van der Waals surface area contributed by atoms with Gasteiger partial charge in [0.15, 0.2) is 5.54 Å². The molecule has 140 valence electrons. The van der Waals surface area contributed by atoms with E-state index in [0.29, 0.717) is 11.3 Å². The zero-order valence-electron chi connectivity index (χ0n) is 15.2. The summed E-state index contributed by atoms with van der Waals surface area (Å²) in [7, 11) is 1.55. The van der Waals surface area contributed by atoms with Crippen LogP contribution >= 0.6 is 0 Å². The minimum absolute atomic E-state index is 0.0445. The zero-order chi connectivity index (χ0) is 19.8. The lowest BCUT2D eigenvalue weighted by Gasteiger charge is -2.36. The molecule has 1 unspecified atom stereocenters. The highest BCUT2D eigenvalue weighted by atomic mass is 19.1. The molecule has 1 aliphatic heterocycles. The third-order valence-electron chi connectivity index (χ3n) is 4.77. The van der Waals surface area contributed by atoms with Crippen LogP contribution < -0.4 is 4.74 Å². The first-order valence-electron chi connectivity index (χ1n) is 8.42. The largest absolute Gasteiger partial charge is 0.497 e. The van der Waals surface area contributed by atoms with Crippen LogP contribution in [-0.4, -0.2) is 29.0 Å². The number of fused-ring (bicyclic) bond motifs is 1. The Bertz CT molecular complexity index is 922. The van der Waals surface area contributed by atoms with Gasteiger partial charge in [-0.05, 0) is 36.8 Å². The second-order valence-corrected chi connectivity index (χ2v) is 6.73. The average Bonchev–Trinajstić information content (AvgIpc) is 2.85. The second kappa shape index (κ2) is 6.87. The van der Waals surface area contributed by atoms with E-state index in [4.69, 9.17) is 4.74 Å².